The number of nitrogens with one attached hydrogen (secondary N) is 1. The third kappa shape index (κ3) is 2.07. The number of benzene rings is 2. The second kappa shape index (κ2) is 5.24. The van der Waals surface area contributed by atoms with Crippen LogP contribution in [-0.4, -0.2) is 33.7 Å². The van der Waals surface area contributed by atoms with E-state index in [0.717, 1.165) is 33.9 Å². The maximum atomic E-state index is 5.21. The molecule has 0 radical (unpaired) electrons. The molecule has 0 unspecified atom stereocenters. The van der Waals surface area contributed by atoms with Crippen molar-refractivity contribution in [2.45, 2.75) is 0 Å². The van der Waals surface area contributed by atoms with Crippen LogP contribution in [0.2, 0.25) is 0 Å². The van der Waals surface area contributed by atoms with Gasteiger partial charge in [0.25, 0.3) is 5.78 Å². The summed E-state index contributed by atoms with van der Waals surface area (Å²) in [7, 11) is 3.50. The number of hydrogen-bond acceptors (Lipinski definition) is 5. The third-order valence-corrected chi connectivity index (χ3v) is 3.84. The Kier molecular flexibility index (Phi) is 3.08. The van der Waals surface area contributed by atoms with Gasteiger partial charge in [-0.2, -0.15) is 4.98 Å². The van der Waals surface area contributed by atoms with Gasteiger partial charge >= 0.3 is 0 Å². The molecule has 0 aliphatic carbocycles. The summed E-state index contributed by atoms with van der Waals surface area (Å²) in [6, 6.07) is 15.8. The Labute approximate surface area is 132 Å². The van der Waals surface area contributed by atoms with Crippen molar-refractivity contribution in [2.75, 3.05) is 19.5 Å². The average molecular weight is 305 g/mol. The van der Waals surface area contributed by atoms with E-state index < -0.39 is 0 Å². The van der Waals surface area contributed by atoms with Crippen molar-refractivity contribution in [3.8, 4) is 17.1 Å². The summed E-state index contributed by atoms with van der Waals surface area (Å²) < 4.78 is 7.18. The van der Waals surface area contributed by atoms with Crippen LogP contribution in [-0.2, 0) is 0 Å². The highest BCUT2D eigenvalue weighted by Gasteiger charge is 2.14. The van der Waals surface area contributed by atoms with Crippen molar-refractivity contribution in [3.63, 3.8) is 0 Å². The fourth-order valence-corrected chi connectivity index (χ4v) is 2.72. The minimum absolute atomic E-state index is 0.568. The molecule has 6 heteroatoms. The first-order chi connectivity index (χ1) is 11.3. The van der Waals surface area contributed by atoms with Crippen LogP contribution in [0.4, 0.5) is 5.82 Å². The number of nitrogens with zero attached hydrogens (tertiary/aromatic N) is 4. The number of rotatable bonds is 3. The lowest BCUT2D eigenvalue weighted by Gasteiger charge is -2.08. The molecule has 0 fully saturated rings. The zero-order chi connectivity index (χ0) is 15.8. The Morgan fingerprint density at radius 3 is 2.52 bits per heavy atom. The van der Waals surface area contributed by atoms with Crippen LogP contribution >= 0.6 is 0 Å². The molecule has 114 valence electrons. The van der Waals surface area contributed by atoms with E-state index >= 15 is 0 Å². The number of anilines is 1. The number of fused-ring (bicyclic) bond motifs is 3. The smallest absolute Gasteiger partial charge is 0.257 e. The zero-order valence-corrected chi connectivity index (χ0v) is 12.8. The summed E-state index contributed by atoms with van der Waals surface area (Å²) in [5.74, 6) is 2.93. The summed E-state index contributed by atoms with van der Waals surface area (Å²) in [5.41, 5.74) is 1.97. The molecule has 0 saturated carbocycles. The lowest BCUT2D eigenvalue weighted by molar-refractivity contribution is 0.415. The topological polar surface area (TPSA) is 64.3 Å². The van der Waals surface area contributed by atoms with Gasteiger partial charge in [0.05, 0.1) is 12.6 Å². The standard InChI is InChI=1S/C17H15N5O/c1-18-15-13-5-3-4-6-14(13)22-16(20-21-17(22)19-15)11-7-9-12(23-2)10-8-11/h3-10H,1-2H3,(H,18,19,21). The van der Waals surface area contributed by atoms with Gasteiger partial charge < -0.3 is 10.1 Å². The molecule has 2 heterocycles. The molecule has 0 aliphatic heterocycles. The van der Waals surface area contributed by atoms with E-state index in [1.807, 2.05) is 60.0 Å². The van der Waals surface area contributed by atoms with Gasteiger partial charge in [-0.15, -0.1) is 10.2 Å². The molecule has 0 aliphatic rings. The Hall–Kier alpha value is -3.15. The molecular formula is C17H15N5O. The van der Waals surface area contributed by atoms with Crippen LogP contribution in [0.15, 0.2) is 48.5 Å². The molecular weight excluding hydrogens is 290 g/mol. The van der Waals surface area contributed by atoms with E-state index in [1.165, 1.54) is 0 Å². The van der Waals surface area contributed by atoms with E-state index in [1.54, 1.807) is 7.11 Å². The first kappa shape index (κ1) is 13.5. The maximum absolute atomic E-state index is 5.21. The fourth-order valence-electron chi connectivity index (χ4n) is 2.72. The van der Waals surface area contributed by atoms with Gasteiger partial charge in [0, 0.05) is 18.0 Å². The predicted molar refractivity (Wildman–Crippen MR) is 89.8 cm³/mol. The molecule has 2 aromatic carbocycles. The van der Waals surface area contributed by atoms with Gasteiger partial charge in [-0.25, -0.2) is 0 Å². The number of aromatic nitrogens is 4. The van der Waals surface area contributed by atoms with Gasteiger partial charge in [0.2, 0.25) is 0 Å². The summed E-state index contributed by atoms with van der Waals surface area (Å²) >= 11 is 0. The monoisotopic (exact) mass is 305 g/mol. The number of hydrogen-bond donors (Lipinski definition) is 1. The minimum atomic E-state index is 0.568. The number of ether oxygens (including phenoxy) is 1. The summed E-state index contributed by atoms with van der Waals surface area (Å²) in [4.78, 5) is 4.56. The highest BCUT2D eigenvalue weighted by atomic mass is 16.5. The first-order valence-electron chi connectivity index (χ1n) is 7.28. The molecule has 0 spiro atoms. The highest BCUT2D eigenvalue weighted by molar-refractivity contribution is 5.92. The number of methoxy groups -OCH3 is 1. The minimum Gasteiger partial charge on any atom is -0.497 e. The first-order valence-corrected chi connectivity index (χ1v) is 7.28. The number of para-hydroxylation sites is 1. The second-order valence-corrected chi connectivity index (χ2v) is 5.12. The normalized spacial score (nSPS) is 11.0. The maximum Gasteiger partial charge on any atom is 0.257 e. The van der Waals surface area contributed by atoms with Crippen LogP contribution in [0.25, 0.3) is 28.1 Å². The van der Waals surface area contributed by atoms with Crippen molar-refractivity contribution < 1.29 is 4.74 Å². The summed E-state index contributed by atoms with van der Waals surface area (Å²) in [6.07, 6.45) is 0. The predicted octanol–water partition coefficient (Wildman–Crippen LogP) is 2.99. The van der Waals surface area contributed by atoms with Gasteiger partial charge in [0.15, 0.2) is 5.82 Å². The quantitative estimate of drug-likeness (QED) is 0.630. The van der Waals surface area contributed by atoms with E-state index in [-0.39, 0.29) is 0 Å². The van der Waals surface area contributed by atoms with E-state index in [2.05, 4.69) is 20.5 Å². The molecule has 2 aromatic heterocycles. The van der Waals surface area contributed by atoms with Crippen molar-refractivity contribution in [1.29, 1.82) is 0 Å². The average Bonchev–Trinajstić information content (AvgIpc) is 3.05. The molecule has 0 bridgehead atoms. The molecule has 0 saturated heterocycles. The summed E-state index contributed by atoms with van der Waals surface area (Å²) in [6.45, 7) is 0. The van der Waals surface area contributed by atoms with Gasteiger partial charge in [-0.3, -0.25) is 4.40 Å². The Balaban J connectivity index is 2.03. The van der Waals surface area contributed by atoms with Gasteiger partial charge in [-0.1, -0.05) is 12.1 Å². The van der Waals surface area contributed by atoms with Gasteiger partial charge in [-0.05, 0) is 36.4 Å². The third-order valence-electron chi connectivity index (χ3n) is 3.84. The fraction of sp³-hybridized carbons (Fsp3) is 0.118. The van der Waals surface area contributed by atoms with E-state index in [9.17, 15) is 0 Å². The van der Waals surface area contributed by atoms with Crippen molar-refractivity contribution >= 4 is 22.5 Å². The van der Waals surface area contributed by atoms with Gasteiger partial charge in [0.1, 0.15) is 11.6 Å². The molecule has 6 nitrogen and oxygen atoms in total. The molecule has 4 aromatic rings. The summed E-state index contributed by atoms with van der Waals surface area (Å²) in [5, 5.41) is 12.7. The van der Waals surface area contributed by atoms with Crippen LogP contribution in [0.1, 0.15) is 0 Å². The van der Waals surface area contributed by atoms with E-state index in [4.69, 9.17) is 4.74 Å². The lowest BCUT2D eigenvalue weighted by atomic mass is 10.2. The molecule has 23 heavy (non-hydrogen) atoms. The Morgan fingerprint density at radius 1 is 1.00 bits per heavy atom. The molecule has 0 atom stereocenters. The van der Waals surface area contributed by atoms with Crippen molar-refractivity contribution in [1.82, 2.24) is 19.6 Å². The van der Waals surface area contributed by atoms with Crippen molar-refractivity contribution in [2.24, 2.45) is 0 Å². The van der Waals surface area contributed by atoms with Crippen LogP contribution in [0.3, 0.4) is 0 Å². The SMILES string of the molecule is CNc1nc2nnc(-c3ccc(OC)cc3)n2c2ccccc12. The largest absolute Gasteiger partial charge is 0.497 e. The highest BCUT2D eigenvalue weighted by Crippen LogP contribution is 2.27. The van der Waals surface area contributed by atoms with Crippen LogP contribution in [0, 0.1) is 0 Å². The lowest BCUT2D eigenvalue weighted by Crippen LogP contribution is -2.00. The second-order valence-electron chi connectivity index (χ2n) is 5.12. The molecule has 4 rings (SSSR count). The van der Waals surface area contributed by atoms with Crippen LogP contribution < -0.4 is 10.1 Å². The van der Waals surface area contributed by atoms with Crippen LogP contribution in [0.5, 0.6) is 5.75 Å². The van der Waals surface area contributed by atoms with E-state index in [0.29, 0.717) is 5.78 Å². The Bertz CT molecular complexity index is 991. The Morgan fingerprint density at radius 2 is 1.78 bits per heavy atom. The van der Waals surface area contributed by atoms with Crippen molar-refractivity contribution in [3.05, 3.63) is 48.5 Å². The zero-order valence-electron chi connectivity index (χ0n) is 12.8. The molecule has 1 N–H and O–H groups in total. The molecule has 0 amide bonds.